The standard InChI is InChI=1S/C27H30N2O5/c1-33-24-13-12-23(25(26(24)31)19-6-5-7-21(30)18-19)27(32)28-20-8-10-22(11-9-20)34-17-16-29-14-3-2-4-15-29/h5-13,18,30-31H,2-4,14-17H2,1H3,(H,28,32). The molecule has 4 rings (SSSR count). The zero-order valence-electron chi connectivity index (χ0n) is 19.3. The van der Waals surface area contributed by atoms with E-state index in [0.717, 1.165) is 25.4 Å². The SMILES string of the molecule is COc1ccc(C(=O)Nc2ccc(OCCN3CCCCC3)cc2)c(-c2cccc(O)c2)c1O. The van der Waals surface area contributed by atoms with Gasteiger partial charge in [-0.3, -0.25) is 9.69 Å². The molecule has 3 aromatic rings. The summed E-state index contributed by atoms with van der Waals surface area (Å²) < 4.78 is 11.1. The number of carbonyl (C=O) groups is 1. The van der Waals surface area contributed by atoms with E-state index in [4.69, 9.17) is 9.47 Å². The monoisotopic (exact) mass is 462 g/mol. The predicted molar refractivity (Wildman–Crippen MR) is 132 cm³/mol. The summed E-state index contributed by atoms with van der Waals surface area (Å²) in [6.07, 6.45) is 3.83. The molecule has 0 radical (unpaired) electrons. The van der Waals surface area contributed by atoms with Crippen LogP contribution in [0.25, 0.3) is 11.1 Å². The summed E-state index contributed by atoms with van der Waals surface area (Å²) >= 11 is 0. The summed E-state index contributed by atoms with van der Waals surface area (Å²) in [5.74, 6) is 0.453. The number of hydrogen-bond acceptors (Lipinski definition) is 6. The first-order chi connectivity index (χ1) is 16.5. The first kappa shape index (κ1) is 23.4. The Balaban J connectivity index is 1.45. The lowest BCUT2D eigenvalue weighted by Crippen LogP contribution is -2.33. The molecule has 1 amide bonds. The fourth-order valence-corrected chi connectivity index (χ4v) is 4.19. The molecule has 1 heterocycles. The maximum atomic E-state index is 13.1. The number of benzene rings is 3. The molecule has 0 spiro atoms. The van der Waals surface area contributed by atoms with Gasteiger partial charge in [-0.15, -0.1) is 0 Å². The van der Waals surface area contributed by atoms with Gasteiger partial charge in [-0.2, -0.15) is 0 Å². The highest BCUT2D eigenvalue weighted by Crippen LogP contribution is 2.40. The van der Waals surface area contributed by atoms with Crippen molar-refractivity contribution < 1.29 is 24.5 Å². The highest BCUT2D eigenvalue weighted by Gasteiger charge is 2.20. The van der Waals surface area contributed by atoms with Gasteiger partial charge in [0.1, 0.15) is 18.1 Å². The number of phenolic OH excluding ortho intramolecular Hbond substituents is 2. The Morgan fingerprint density at radius 2 is 1.76 bits per heavy atom. The van der Waals surface area contributed by atoms with Crippen molar-refractivity contribution in [3.63, 3.8) is 0 Å². The number of carbonyl (C=O) groups excluding carboxylic acids is 1. The zero-order valence-corrected chi connectivity index (χ0v) is 19.3. The number of hydrogen-bond donors (Lipinski definition) is 3. The van der Waals surface area contributed by atoms with E-state index in [1.807, 2.05) is 12.1 Å². The Kier molecular flexibility index (Phi) is 7.54. The molecule has 3 N–H and O–H groups in total. The Bertz CT molecular complexity index is 1120. The molecule has 1 aliphatic rings. The molecule has 1 aliphatic heterocycles. The van der Waals surface area contributed by atoms with E-state index >= 15 is 0 Å². The van der Waals surface area contributed by atoms with Gasteiger partial charge in [-0.05, 0) is 80.0 Å². The third kappa shape index (κ3) is 5.61. The minimum Gasteiger partial charge on any atom is -0.508 e. The van der Waals surface area contributed by atoms with Crippen molar-refractivity contribution in [3.05, 3.63) is 66.2 Å². The summed E-state index contributed by atoms with van der Waals surface area (Å²) in [7, 11) is 1.44. The van der Waals surface area contributed by atoms with Crippen molar-refractivity contribution in [2.24, 2.45) is 0 Å². The highest BCUT2D eigenvalue weighted by molar-refractivity contribution is 6.10. The number of rotatable bonds is 8. The molecule has 7 heteroatoms. The first-order valence-corrected chi connectivity index (χ1v) is 11.5. The number of methoxy groups -OCH3 is 1. The van der Waals surface area contributed by atoms with Crippen molar-refractivity contribution in [2.45, 2.75) is 19.3 Å². The van der Waals surface area contributed by atoms with E-state index in [1.165, 1.54) is 44.6 Å². The average molecular weight is 463 g/mol. The number of piperidine rings is 1. The molecule has 3 aromatic carbocycles. The normalized spacial score (nSPS) is 13.9. The molecule has 0 saturated carbocycles. The van der Waals surface area contributed by atoms with Crippen molar-refractivity contribution in [1.29, 1.82) is 0 Å². The van der Waals surface area contributed by atoms with E-state index in [-0.39, 0.29) is 28.4 Å². The molecule has 0 aromatic heterocycles. The Morgan fingerprint density at radius 1 is 1.00 bits per heavy atom. The predicted octanol–water partition coefficient (Wildman–Crippen LogP) is 4.89. The van der Waals surface area contributed by atoms with Crippen LogP contribution >= 0.6 is 0 Å². The van der Waals surface area contributed by atoms with Crippen LogP contribution < -0.4 is 14.8 Å². The Hall–Kier alpha value is -3.71. The van der Waals surface area contributed by atoms with Gasteiger partial charge in [0.25, 0.3) is 5.91 Å². The fraction of sp³-hybridized carbons (Fsp3) is 0.296. The minimum absolute atomic E-state index is 0.0296. The number of nitrogens with zero attached hydrogens (tertiary/aromatic N) is 1. The lowest BCUT2D eigenvalue weighted by molar-refractivity contribution is 0.102. The number of likely N-dealkylation sites (tertiary alicyclic amines) is 1. The molecular formula is C27H30N2O5. The summed E-state index contributed by atoms with van der Waals surface area (Å²) in [4.78, 5) is 15.5. The smallest absolute Gasteiger partial charge is 0.256 e. The van der Waals surface area contributed by atoms with Gasteiger partial charge in [0.2, 0.25) is 0 Å². The molecule has 1 saturated heterocycles. The van der Waals surface area contributed by atoms with E-state index in [2.05, 4.69) is 10.2 Å². The second kappa shape index (κ2) is 10.9. The van der Waals surface area contributed by atoms with E-state index in [1.54, 1.807) is 30.3 Å². The van der Waals surface area contributed by atoms with Crippen LogP contribution in [0.15, 0.2) is 60.7 Å². The van der Waals surface area contributed by atoms with Crippen LogP contribution in [0, 0.1) is 0 Å². The number of aromatic hydroxyl groups is 2. The van der Waals surface area contributed by atoms with Gasteiger partial charge in [0.05, 0.1) is 12.7 Å². The Morgan fingerprint density at radius 3 is 2.47 bits per heavy atom. The number of phenols is 2. The van der Waals surface area contributed by atoms with Crippen LogP contribution in [0.4, 0.5) is 5.69 Å². The molecule has 34 heavy (non-hydrogen) atoms. The topological polar surface area (TPSA) is 91.3 Å². The van der Waals surface area contributed by atoms with Crippen LogP contribution in [-0.2, 0) is 0 Å². The van der Waals surface area contributed by atoms with Crippen molar-refractivity contribution in [2.75, 3.05) is 38.7 Å². The molecule has 7 nitrogen and oxygen atoms in total. The third-order valence-electron chi connectivity index (χ3n) is 5.98. The highest BCUT2D eigenvalue weighted by atomic mass is 16.5. The second-order valence-electron chi connectivity index (χ2n) is 8.32. The molecule has 178 valence electrons. The van der Waals surface area contributed by atoms with Crippen molar-refractivity contribution >= 4 is 11.6 Å². The summed E-state index contributed by atoms with van der Waals surface area (Å²) in [5, 5.41) is 23.5. The summed E-state index contributed by atoms with van der Waals surface area (Å²) in [6, 6.07) is 16.7. The van der Waals surface area contributed by atoms with Crippen LogP contribution in [0.3, 0.4) is 0 Å². The van der Waals surface area contributed by atoms with Crippen molar-refractivity contribution in [1.82, 2.24) is 4.90 Å². The van der Waals surface area contributed by atoms with Crippen LogP contribution in [0.2, 0.25) is 0 Å². The van der Waals surface area contributed by atoms with Crippen LogP contribution in [0.5, 0.6) is 23.0 Å². The number of ether oxygens (including phenoxy) is 2. The second-order valence-corrected chi connectivity index (χ2v) is 8.32. The molecule has 0 unspecified atom stereocenters. The molecule has 0 atom stereocenters. The average Bonchev–Trinajstić information content (AvgIpc) is 2.85. The number of nitrogens with one attached hydrogen (secondary N) is 1. The summed E-state index contributed by atoms with van der Waals surface area (Å²) in [6.45, 7) is 3.82. The molecule has 1 fully saturated rings. The molecular weight excluding hydrogens is 432 g/mol. The molecule has 0 bridgehead atoms. The van der Waals surface area contributed by atoms with Crippen LogP contribution in [-0.4, -0.2) is 54.4 Å². The first-order valence-electron chi connectivity index (χ1n) is 11.5. The van der Waals surface area contributed by atoms with Gasteiger partial charge >= 0.3 is 0 Å². The third-order valence-corrected chi connectivity index (χ3v) is 5.98. The summed E-state index contributed by atoms with van der Waals surface area (Å²) in [5.41, 5.74) is 1.64. The van der Waals surface area contributed by atoms with E-state index in [0.29, 0.717) is 17.9 Å². The minimum atomic E-state index is -0.393. The van der Waals surface area contributed by atoms with Gasteiger partial charge in [0.15, 0.2) is 11.5 Å². The maximum Gasteiger partial charge on any atom is 0.256 e. The molecule has 0 aliphatic carbocycles. The van der Waals surface area contributed by atoms with Gasteiger partial charge in [0, 0.05) is 17.8 Å². The number of anilines is 1. The lowest BCUT2D eigenvalue weighted by Gasteiger charge is -2.26. The van der Waals surface area contributed by atoms with Crippen LogP contribution in [0.1, 0.15) is 29.6 Å². The maximum absolute atomic E-state index is 13.1. The van der Waals surface area contributed by atoms with E-state index in [9.17, 15) is 15.0 Å². The quantitative estimate of drug-likeness (QED) is 0.442. The zero-order chi connectivity index (χ0) is 23.9. The van der Waals surface area contributed by atoms with E-state index < -0.39 is 5.91 Å². The van der Waals surface area contributed by atoms with Gasteiger partial charge in [-0.25, -0.2) is 0 Å². The van der Waals surface area contributed by atoms with Crippen molar-refractivity contribution in [3.8, 4) is 34.1 Å². The largest absolute Gasteiger partial charge is 0.508 e. The lowest BCUT2D eigenvalue weighted by atomic mass is 9.97. The Labute approximate surface area is 199 Å². The van der Waals surface area contributed by atoms with Gasteiger partial charge < -0.3 is 25.0 Å². The fourth-order valence-electron chi connectivity index (χ4n) is 4.19. The number of amides is 1. The van der Waals surface area contributed by atoms with Gasteiger partial charge in [-0.1, -0.05) is 18.6 Å².